The molecule has 0 unspecified atom stereocenters. The van der Waals surface area contributed by atoms with E-state index in [-0.39, 0.29) is 18.4 Å². The normalized spacial score (nSPS) is 26.0. The van der Waals surface area contributed by atoms with Gasteiger partial charge in [-0.15, -0.1) is 0 Å². The second kappa shape index (κ2) is 6.46. The molecule has 1 amide bonds. The summed E-state index contributed by atoms with van der Waals surface area (Å²) in [6, 6.07) is 5.45. The number of anilines is 1. The van der Waals surface area contributed by atoms with Crippen molar-refractivity contribution in [1.29, 1.82) is 0 Å². The molecule has 1 aromatic rings. The Bertz CT molecular complexity index is 558. The van der Waals surface area contributed by atoms with Gasteiger partial charge in [0.25, 0.3) is 5.91 Å². The summed E-state index contributed by atoms with van der Waals surface area (Å²) in [5.74, 6) is 0.830. The SMILES string of the molecule is O=C(COC(=O)C[C@@H]1C[C@@H]2CC[C@@H]1C2)Nc1ccc(F)cc1. The number of rotatable bonds is 5. The van der Waals surface area contributed by atoms with E-state index in [1.54, 1.807) is 0 Å². The summed E-state index contributed by atoms with van der Waals surface area (Å²) in [7, 11) is 0. The molecule has 2 bridgehead atoms. The molecule has 22 heavy (non-hydrogen) atoms. The minimum Gasteiger partial charge on any atom is -0.456 e. The Morgan fingerprint density at radius 2 is 1.95 bits per heavy atom. The Morgan fingerprint density at radius 3 is 2.59 bits per heavy atom. The first-order valence-corrected chi connectivity index (χ1v) is 7.81. The number of carbonyl (C=O) groups excluding carboxylic acids is 2. The molecule has 2 aliphatic rings. The van der Waals surface area contributed by atoms with Crippen LogP contribution in [-0.4, -0.2) is 18.5 Å². The van der Waals surface area contributed by atoms with Crippen molar-refractivity contribution < 1.29 is 18.7 Å². The van der Waals surface area contributed by atoms with Crippen molar-refractivity contribution in [3.8, 4) is 0 Å². The molecular weight excluding hydrogens is 285 g/mol. The summed E-state index contributed by atoms with van der Waals surface area (Å²) in [6.45, 7) is -0.295. The van der Waals surface area contributed by atoms with Crippen LogP contribution in [0.3, 0.4) is 0 Å². The molecule has 0 aliphatic heterocycles. The highest BCUT2D eigenvalue weighted by Crippen LogP contribution is 2.49. The van der Waals surface area contributed by atoms with Crippen molar-refractivity contribution in [1.82, 2.24) is 0 Å². The van der Waals surface area contributed by atoms with Gasteiger partial charge in [-0.05, 0) is 61.3 Å². The average Bonchev–Trinajstić information content (AvgIpc) is 3.10. The van der Waals surface area contributed by atoms with Gasteiger partial charge in [0.15, 0.2) is 6.61 Å². The van der Waals surface area contributed by atoms with E-state index in [9.17, 15) is 14.0 Å². The lowest BCUT2D eigenvalue weighted by Gasteiger charge is -2.20. The van der Waals surface area contributed by atoms with Gasteiger partial charge in [0, 0.05) is 12.1 Å². The molecule has 0 radical (unpaired) electrons. The summed E-state index contributed by atoms with van der Waals surface area (Å²) in [4.78, 5) is 23.5. The van der Waals surface area contributed by atoms with Crippen LogP contribution in [0.1, 0.15) is 32.1 Å². The largest absolute Gasteiger partial charge is 0.456 e. The summed E-state index contributed by atoms with van der Waals surface area (Å²) in [5.41, 5.74) is 0.482. The smallest absolute Gasteiger partial charge is 0.306 e. The summed E-state index contributed by atoms with van der Waals surface area (Å²) in [5, 5.41) is 2.56. The lowest BCUT2D eigenvalue weighted by atomic mass is 9.86. The van der Waals surface area contributed by atoms with Gasteiger partial charge in [-0.3, -0.25) is 9.59 Å². The fourth-order valence-electron chi connectivity index (χ4n) is 3.78. The topological polar surface area (TPSA) is 55.4 Å². The minimum atomic E-state index is -0.409. The monoisotopic (exact) mass is 305 g/mol. The lowest BCUT2D eigenvalue weighted by Crippen LogP contribution is -2.23. The fourth-order valence-corrected chi connectivity index (χ4v) is 3.78. The first-order chi connectivity index (χ1) is 10.6. The highest BCUT2D eigenvalue weighted by molar-refractivity contribution is 5.92. The number of hydrogen-bond donors (Lipinski definition) is 1. The third kappa shape index (κ3) is 3.64. The van der Waals surface area contributed by atoms with Crippen LogP contribution < -0.4 is 5.32 Å². The maximum atomic E-state index is 12.8. The van der Waals surface area contributed by atoms with E-state index >= 15 is 0 Å². The van der Waals surface area contributed by atoms with Crippen LogP contribution in [0.15, 0.2) is 24.3 Å². The van der Waals surface area contributed by atoms with Crippen molar-refractivity contribution in [2.24, 2.45) is 17.8 Å². The van der Waals surface area contributed by atoms with Crippen molar-refractivity contribution in [2.45, 2.75) is 32.1 Å². The van der Waals surface area contributed by atoms with Gasteiger partial charge in [0.05, 0.1) is 0 Å². The number of carbonyl (C=O) groups is 2. The van der Waals surface area contributed by atoms with Crippen LogP contribution in [0.25, 0.3) is 0 Å². The highest BCUT2D eigenvalue weighted by Gasteiger charge is 2.40. The number of benzene rings is 1. The third-order valence-electron chi connectivity index (χ3n) is 4.81. The van der Waals surface area contributed by atoms with E-state index in [2.05, 4.69) is 5.32 Å². The van der Waals surface area contributed by atoms with Crippen LogP contribution in [0.4, 0.5) is 10.1 Å². The Kier molecular flexibility index (Phi) is 4.41. The first-order valence-electron chi connectivity index (χ1n) is 7.81. The van der Waals surface area contributed by atoms with Crippen LogP contribution in [0.2, 0.25) is 0 Å². The van der Waals surface area contributed by atoms with Crippen molar-refractivity contribution in [2.75, 3.05) is 11.9 Å². The van der Waals surface area contributed by atoms with E-state index in [0.29, 0.717) is 23.9 Å². The van der Waals surface area contributed by atoms with E-state index in [4.69, 9.17) is 4.74 Å². The molecule has 2 aliphatic carbocycles. The zero-order chi connectivity index (χ0) is 15.5. The molecule has 2 fully saturated rings. The van der Waals surface area contributed by atoms with Crippen LogP contribution in [0, 0.1) is 23.6 Å². The van der Waals surface area contributed by atoms with Crippen LogP contribution in [0.5, 0.6) is 0 Å². The maximum absolute atomic E-state index is 12.8. The number of fused-ring (bicyclic) bond motifs is 2. The second-order valence-electron chi connectivity index (χ2n) is 6.35. The number of ether oxygens (including phenoxy) is 1. The Balaban J connectivity index is 1.39. The van der Waals surface area contributed by atoms with Crippen molar-refractivity contribution in [3.05, 3.63) is 30.1 Å². The molecule has 2 saturated carbocycles. The summed E-state index contributed by atoms with van der Waals surface area (Å²) < 4.78 is 17.8. The van der Waals surface area contributed by atoms with Gasteiger partial charge in [-0.2, -0.15) is 0 Å². The molecular formula is C17H20FNO3. The number of nitrogens with one attached hydrogen (secondary N) is 1. The van der Waals surface area contributed by atoms with E-state index < -0.39 is 5.91 Å². The Morgan fingerprint density at radius 1 is 1.18 bits per heavy atom. The predicted molar refractivity (Wildman–Crippen MR) is 79.5 cm³/mol. The quantitative estimate of drug-likeness (QED) is 0.850. The average molecular weight is 305 g/mol. The number of amides is 1. The summed E-state index contributed by atoms with van der Waals surface area (Å²) in [6.07, 6.45) is 5.33. The Labute approximate surface area is 129 Å². The van der Waals surface area contributed by atoms with Gasteiger partial charge in [-0.1, -0.05) is 6.42 Å². The number of esters is 1. The van der Waals surface area contributed by atoms with Gasteiger partial charge in [0.2, 0.25) is 0 Å². The molecule has 3 rings (SSSR count). The molecule has 0 saturated heterocycles. The number of hydrogen-bond acceptors (Lipinski definition) is 3. The third-order valence-corrected chi connectivity index (χ3v) is 4.81. The first kappa shape index (κ1) is 15.0. The van der Waals surface area contributed by atoms with Crippen LogP contribution >= 0.6 is 0 Å². The zero-order valence-corrected chi connectivity index (χ0v) is 12.4. The highest BCUT2D eigenvalue weighted by atomic mass is 19.1. The van der Waals surface area contributed by atoms with Gasteiger partial charge in [0.1, 0.15) is 5.82 Å². The lowest BCUT2D eigenvalue weighted by molar-refractivity contribution is -0.148. The summed E-state index contributed by atoms with van der Waals surface area (Å²) >= 11 is 0. The molecule has 3 atom stereocenters. The minimum absolute atomic E-state index is 0.295. The van der Waals surface area contributed by atoms with E-state index in [0.717, 1.165) is 12.3 Å². The standard InChI is InChI=1S/C17H20FNO3/c18-14-3-5-15(6-4-14)19-16(20)10-22-17(21)9-13-8-11-1-2-12(13)7-11/h3-6,11-13H,1-2,7-10H2,(H,19,20)/t11-,12-,13+/m1/s1. The molecule has 118 valence electrons. The Hall–Kier alpha value is -1.91. The van der Waals surface area contributed by atoms with E-state index in [1.807, 2.05) is 0 Å². The van der Waals surface area contributed by atoms with Gasteiger partial charge in [-0.25, -0.2) is 4.39 Å². The van der Waals surface area contributed by atoms with E-state index in [1.165, 1.54) is 43.5 Å². The fraction of sp³-hybridized carbons (Fsp3) is 0.529. The van der Waals surface area contributed by atoms with Crippen molar-refractivity contribution >= 4 is 17.6 Å². The molecule has 0 spiro atoms. The molecule has 5 heteroatoms. The molecule has 1 aromatic carbocycles. The van der Waals surface area contributed by atoms with Crippen molar-refractivity contribution in [3.63, 3.8) is 0 Å². The van der Waals surface area contributed by atoms with Crippen LogP contribution in [-0.2, 0) is 14.3 Å². The zero-order valence-electron chi connectivity index (χ0n) is 12.4. The van der Waals surface area contributed by atoms with Gasteiger partial charge < -0.3 is 10.1 Å². The second-order valence-corrected chi connectivity index (χ2v) is 6.35. The predicted octanol–water partition coefficient (Wildman–Crippen LogP) is 3.13. The number of halogens is 1. The van der Waals surface area contributed by atoms with Gasteiger partial charge >= 0.3 is 5.97 Å². The molecule has 1 N–H and O–H groups in total. The molecule has 4 nitrogen and oxygen atoms in total. The molecule has 0 heterocycles. The molecule has 0 aromatic heterocycles. The maximum Gasteiger partial charge on any atom is 0.306 e.